The fraction of sp³-hybridized carbons (Fsp3) is 0.538. The molecule has 0 radical (unpaired) electrons. The van der Waals surface area contributed by atoms with Gasteiger partial charge in [-0.3, -0.25) is 0 Å². The first kappa shape index (κ1) is 12.1. The highest BCUT2D eigenvalue weighted by Gasteiger charge is 2.35. The lowest BCUT2D eigenvalue weighted by Crippen LogP contribution is -2.48. The highest BCUT2D eigenvalue weighted by atomic mass is 79.9. The molecular formula is C13H15BrN4S. The molecule has 5 rings (SSSR count). The fourth-order valence-electron chi connectivity index (χ4n) is 3.24. The van der Waals surface area contributed by atoms with Crippen LogP contribution in [-0.4, -0.2) is 39.5 Å². The monoisotopic (exact) mass is 338 g/mol. The number of halogens is 1. The van der Waals surface area contributed by atoms with Crippen molar-refractivity contribution in [2.75, 3.05) is 19.6 Å². The van der Waals surface area contributed by atoms with Crippen LogP contribution in [0.4, 0.5) is 0 Å². The third-order valence-electron chi connectivity index (χ3n) is 4.30. The van der Waals surface area contributed by atoms with Crippen molar-refractivity contribution in [3.05, 3.63) is 22.1 Å². The van der Waals surface area contributed by atoms with Gasteiger partial charge in [0.15, 0.2) is 0 Å². The average molecular weight is 339 g/mol. The molecule has 0 spiro atoms. The van der Waals surface area contributed by atoms with Crippen LogP contribution in [0.15, 0.2) is 22.1 Å². The smallest absolute Gasteiger partial charge is 0.123 e. The Morgan fingerprint density at radius 1 is 1.26 bits per heavy atom. The fourth-order valence-corrected chi connectivity index (χ4v) is 4.57. The first-order chi connectivity index (χ1) is 9.29. The Morgan fingerprint density at radius 2 is 2.11 bits per heavy atom. The number of aromatic nitrogens is 3. The molecule has 3 aliphatic rings. The van der Waals surface area contributed by atoms with Crippen LogP contribution >= 0.6 is 27.3 Å². The van der Waals surface area contributed by atoms with E-state index in [4.69, 9.17) is 0 Å². The second kappa shape index (κ2) is 4.68. The minimum absolute atomic E-state index is 0.521. The molecule has 2 aromatic heterocycles. The van der Waals surface area contributed by atoms with Gasteiger partial charge in [-0.25, -0.2) is 4.68 Å². The van der Waals surface area contributed by atoms with Crippen LogP contribution in [0.1, 0.15) is 18.9 Å². The molecule has 4 nitrogen and oxygen atoms in total. The van der Waals surface area contributed by atoms with Gasteiger partial charge >= 0.3 is 0 Å². The quantitative estimate of drug-likeness (QED) is 0.843. The molecule has 19 heavy (non-hydrogen) atoms. The summed E-state index contributed by atoms with van der Waals surface area (Å²) in [6, 6.07) is 4.68. The lowest BCUT2D eigenvalue weighted by molar-refractivity contribution is 0.0504. The van der Waals surface area contributed by atoms with Gasteiger partial charge in [0.25, 0.3) is 0 Å². The van der Waals surface area contributed by atoms with Gasteiger partial charge in [-0.1, -0.05) is 5.21 Å². The lowest BCUT2D eigenvalue weighted by atomic mass is 9.84. The molecule has 5 heterocycles. The Morgan fingerprint density at radius 3 is 2.74 bits per heavy atom. The van der Waals surface area contributed by atoms with Gasteiger partial charge < -0.3 is 4.90 Å². The predicted octanol–water partition coefficient (Wildman–Crippen LogP) is 3.04. The van der Waals surface area contributed by atoms with Crippen LogP contribution in [0.25, 0.3) is 10.6 Å². The molecular weight excluding hydrogens is 324 g/mol. The number of piperidine rings is 3. The van der Waals surface area contributed by atoms with Crippen LogP contribution in [-0.2, 0) is 0 Å². The van der Waals surface area contributed by atoms with E-state index in [9.17, 15) is 0 Å². The Hall–Kier alpha value is -0.720. The van der Waals surface area contributed by atoms with E-state index in [2.05, 4.69) is 54.2 Å². The van der Waals surface area contributed by atoms with Gasteiger partial charge in [-0.15, -0.1) is 16.4 Å². The molecule has 3 saturated heterocycles. The Bertz CT molecular complexity index is 585. The maximum atomic E-state index is 4.38. The largest absolute Gasteiger partial charge is 0.301 e. The number of hydrogen-bond donors (Lipinski definition) is 0. The van der Waals surface area contributed by atoms with Crippen molar-refractivity contribution in [3.63, 3.8) is 0 Å². The first-order valence-corrected chi connectivity index (χ1v) is 8.30. The van der Waals surface area contributed by atoms with Crippen molar-refractivity contribution >= 4 is 27.3 Å². The highest BCUT2D eigenvalue weighted by molar-refractivity contribution is 9.11. The summed E-state index contributed by atoms with van der Waals surface area (Å²) in [6.45, 7) is 3.67. The van der Waals surface area contributed by atoms with Crippen molar-refractivity contribution < 1.29 is 0 Å². The molecule has 2 bridgehead atoms. The summed E-state index contributed by atoms with van der Waals surface area (Å²) in [6.07, 6.45) is 4.74. The van der Waals surface area contributed by atoms with E-state index in [1.807, 2.05) is 0 Å². The highest BCUT2D eigenvalue weighted by Crippen LogP contribution is 2.36. The zero-order chi connectivity index (χ0) is 12.8. The summed E-state index contributed by atoms with van der Waals surface area (Å²) in [4.78, 5) is 3.73. The minimum Gasteiger partial charge on any atom is -0.301 e. The number of hydrogen-bond acceptors (Lipinski definition) is 4. The Balaban J connectivity index is 1.61. The molecule has 0 saturated carbocycles. The topological polar surface area (TPSA) is 34.0 Å². The Kier molecular flexibility index (Phi) is 2.97. The maximum Gasteiger partial charge on any atom is 0.123 e. The van der Waals surface area contributed by atoms with E-state index in [0.717, 1.165) is 21.9 Å². The first-order valence-electron chi connectivity index (χ1n) is 6.69. The molecule has 0 amide bonds. The van der Waals surface area contributed by atoms with Crippen LogP contribution < -0.4 is 0 Å². The van der Waals surface area contributed by atoms with E-state index < -0.39 is 0 Å². The minimum atomic E-state index is 0.521. The van der Waals surface area contributed by atoms with Gasteiger partial charge in [0.2, 0.25) is 0 Å². The van der Waals surface area contributed by atoms with Crippen molar-refractivity contribution in [2.24, 2.45) is 5.92 Å². The third-order valence-corrected chi connectivity index (χ3v) is 5.94. The SMILES string of the molecule is Brc1ccc(-c2cn([C@H]3CN4CCC3CC4)nn2)s1. The number of rotatable bonds is 2. The number of thiophene rings is 1. The maximum absolute atomic E-state index is 4.38. The summed E-state index contributed by atoms with van der Waals surface area (Å²) in [7, 11) is 0. The zero-order valence-corrected chi connectivity index (χ0v) is 12.9. The molecule has 1 atom stereocenters. The molecule has 100 valence electrons. The molecule has 3 aliphatic heterocycles. The summed E-state index contributed by atoms with van der Waals surface area (Å²) in [5, 5.41) is 8.72. The molecule has 0 aliphatic carbocycles. The van der Waals surface area contributed by atoms with Crippen molar-refractivity contribution in [3.8, 4) is 10.6 Å². The van der Waals surface area contributed by atoms with Crippen LogP contribution in [0, 0.1) is 5.92 Å². The summed E-state index contributed by atoms with van der Waals surface area (Å²) in [5.74, 6) is 0.787. The van der Waals surface area contributed by atoms with Gasteiger partial charge in [0, 0.05) is 6.54 Å². The van der Waals surface area contributed by atoms with Gasteiger partial charge in [-0.2, -0.15) is 0 Å². The van der Waals surface area contributed by atoms with Gasteiger partial charge in [-0.05, 0) is 59.9 Å². The van der Waals surface area contributed by atoms with Gasteiger partial charge in [0.05, 0.1) is 20.9 Å². The summed E-state index contributed by atoms with van der Waals surface area (Å²) < 4.78 is 3.23. The van der Waals surface area contributed by atoms with E-state index in [0.29, 0.717) is 6.04 Å². The van der Waals surface area contributed by atoms with E-state index >= 15 is 0 Å². The normalized spacial score (nSPS) is 29.8. The summed E-state index contributed by atoms with van der Waals surface area (Å²) >= 11 is 5.20. The molecule has 0 aromatic carbocycles. The van der Waals surface area contributed by atoms with Crippen LogP contribution in [0.3, 0.4) is 0 Å². The van der Waals surface area contributed by atoms with E-state index in [-0.39, 0.29) is 0 Å². The van der Waals surface area contributed by atoms with E-state index in [1.165, 1.54) is 30.8 Å². The van der Waals surface area contributed by atoms with Crippen molar-refractivity contribution in [1.29, 1.82) is 0 Å². The Labute approximate surface area is 124 Å². The molecule has 3 fully saturated rings. The van der Waals surface area contributed by atoms with E-state index in [1.54, 1.807) is 11.3 Å². The molecule has 0 unspecified atom stereocenters. The lowest BCUT2D eigenvalue weighted by Gasteiger charge is -2.44. The standard InChI is InChI=1S/C13H15BrN4S/c14-13-2-1-12(19-13)10-7-18(16-15-10)11-8-17-5-3-9(11)4-6-17/h1-2,7,9,11H,3-6,8H2/t11-/m0/s1. The van der Waals surface area contributed by atoms with Crippen LogP contribution in [0.5, 0.6) is 0 Å². The van der Waals surface area contributed by atoms with Crippen molar-refractivity contribution in [2.45, 2.75) is 18.9 Å². The number of fused-ring (bicyclic) bond motifs is 3. The summed E-state index contributed by atoms with van der Waals surface area (Å²) in [5.41, 5.74) is 0.993. The predicted molar refractivity (Wildman–Crippen MR) is 79.2 cm³/mol. The van der Waals surface area contributed by atoms with Crippen LogP contribution in [0.2, 0.25) is 0 Å². The van der Waals surface area contributed by atoms with Gasteiger partial charge in [0.1, 0.15) is 5.69 Å². The zero-order valence-electron chi connectivity index (χ0n) is 10.5. The third kappa shape index (κ3) is 2.15. The average Bonchev–Trinajstić information content (AvgIpc) is 3.08. The van der Waals surface area contributed by atoms with Crippen molar-refractivity contribution in [1.82, 2.24) is 19.9 Å². The molecule has 6 heteroatoms. The number of nitrogens with zero attached hydrogens (tertiary/aromatic N) is 4. The molecule has 0 N–H and O–H groups in total. The second-order valence-corrected chi connectivity index (χ2v) is 7.86. The molecule has 2 aromatic rings. The second-order valence-electron chi connectivity index (χ2n) is 5.39.